The van der Waals surface area contributed by atoms with Crippen LogP contribution in [0.25, 0.3) is 0 Å². The summed E-state index contributed by atoms with van der Waals surface area (Å²) in [4.78, 5) is 21.7. The van der Waals surface area contributed by atoms with Crippen molar-refractivity contribution in [1.29, 1.82) is 0 Å². The quantitative estimate of drug-likeness (QED) is 0.255. The van der Waals surface area contributed by atoms with Crippen LogP contribution in [0.2, 0.25) is 0 Å². The van der Waals surface area contributed by atoms with E-state index >= 15 is 0 Å². The van der Waals surface area contributed by atoms with Gasteiger partial charge in [0.25, 0.3) is 0 Å². The van der Waals surface area contributed by atoms with Gasteiger partial charge in [0.1, 0.15) is 36.7 Å². The SMILES string of the molecule is NC(=O)C[C@H](NC1O[C@H](CO)[C@@H](O)[C@H](O)[C@H]1O)C(=O)O. The third-order valence-electron chi connectivity index (χ3n) is 2.96. The number of amides is 1. The van der Waals surface area contributed by atoms with Gasteiger partial charge in [-0.3, -0.25) is 14.9 Å². The number of aliphatic hydroxyl groups excluding tert-OH is 4. The molecule has 1 saturated heterocycles. The van der Waals surface area contributed by atoms with Gasteiger partial charge in [0.2, 0.25) is 5.91 Å². The fraction of sp³-hybridized carbons (Fsp3) is 0.800. The maximum atomic E-state index is 10.9. The number of aliphatic carboxylic acids is 1. The van der Waals surface area contributed by atoms with Crippen LogP contribution in [0.4, 0.5) is 0 Å². The lowest BCUT2D eigenvalue weighted by Gasteiger charge is -2.41. The Morgan fingerprint density at radius 2 is 1.80 bits per heavy atom. The Bertz CT molecular complexity index is 363. The number of carboxylic acid groups (broad SMARTS) is 1. The molecule has 0 saturated carbocycles. The van der Waals surface area contributed by atoms with Crippen molar-refractivity contribution >= 4 is 11.9 Å². The third kappa shape index (κ3) is 3.85. The molecule has 0 aliphatic carbocycles. The Balaban J connectivity index is 2.77. The van der Waals surface area contributed by atoms with Crippen molar-refractivity contribution in [2.24, 2.45) is 5.73 Å². The molecule has 8 N–H and O–H groups in total. The smallest absolute Gasteiger partial charge is 0.321 e. The summed E-state index contributed by atoms with van der Waals surface area (Å²) in [5, 5.41) is 49.0. The second-order valence-electron chi connectivity index (χ2n) is 4.48. The summed E-state index contributed by atoms with van der Waals surface area (Å²) >= 11 is 0. The maximum Gasteiger partial charge on any atom is 0.321 e. The lowest BCUT2D eigenvalue weighted by Crippen LogP contribution is -2.64. The molecule has 0 aromatic rings. The van der Waals surface area contributed by atoms with Crippen LogP contribution in [0.15, 0.2) is 0 Å². The number of ether oxygens (including phenoxy) is 1. The fourth-order valence-electron chi connectivity index (χ4n) is 1.86. The van der Waals surface area contributed by atoms with E-state index in [1.165, 1.54) is 0 Å². The molecule has 0 aromatic carbocycles. The second-order valence-corrected chi connectivity index (χ2v) is 4.48. The number of primary amides is 1. The van der Waals surface area contributed by atoms with Gasteiger partial charge in [-0.25, -0.2) is 0 Å². The predicted molar refractivity (Wildman–Crippen MR) is 62.1 cm³/mol. The zero-order chi connectivity index (χ0) is 15.4. The van der Waals surface area contributed by atoms with Crippen molar-refractivity contribution in [3.05, 3.63) is 0 Å². The minimum atomic E-state index is -1.64. The van der Waals surface area contributed by atoms with E-state index in [0.717, 1.165) is 0 Å². The van der Waals surface area contributed by atoms with Gasteiger partial charge in [0.15, 0.2) is 0 Å². The van der Waals surface area contributed by atoms with Crippen molar-refractivity contribution in [3.8, 4) is 0 Å². The van der Waals surface area contributed by atoms with Crippen LogP contribution in [-0.4, -0.2) is 80.7 Å². The molecule has 0 radical (unpaired) electrons. The number of carbonyl (C=O) groups is 2. The van der Waals surface area contributed by atoms with Gasteiger partial charge in [0.05, 0.1) is 13.0 Å². The molecule has 1 amide bonds. The summed E-state index contributed by atoms with van der Waals surface area (Å²) in [5.41, 5.74) is 4.90. The average molecular weight is 294 g/mol. The first-order chi connectivity index (χ1) is 9.27. The van der Waals surface area contributed by atoms with Crippen LogP contribution in [-0.2, 0) is 14.3 Å². The van der Waals surface area contributed by atoms with Gasteiger partial charge in [-0.15, -0.1) is 0 Å². The van der Waals surface area contributed by atoms with Gasteiger partial charge in [-0.05, 0) is 0 Å². The first-order valence-electron chi connectivity index (χ1n) is 5.85. The van der Waals surface area contributed by atoms with Crippen molar-refractivity contribution in [2.45, 2.75) is 43.1 Å². The summed E-state index contributed by atoms with van der Waals surface area (Å²) in [6.45, 7) is -0.642. The van der Waals surface area contributed by atoms with E-state index in [2.05, 4.69) is 5.32 Å². The zero-order valence-electron chi connectivity index (χ0n) is 10.4. The van der Waals surface area contributed by atoms with E-state index < -0.39 is 61.6 Å². The molecule has 0 bridgehead atoms. The number of nitrogens with two attached hydrogens (primary N) is 1. The molecule has 1 fully saturated rings. The van der Waals surface area contributed by atoms with Crippen LogP contribution < -0.4 is 11.1 Å². The van der Waals surface area contributed by atoms with Crippen molar-refractivity contribution < 1.29 is 39.9 Å². The lowest BCUT2D eigenvalue weighted by molar-refractivity contribution is -0.238. The predicted octanol–water partition coefficient (Wildman–Crippen LogP) is -4.30. The first-order valence-corrected chi connectivity index (χ1v) is 5.85. The molecule has 10 heteroatoms. The highest BCUT2D eigenvalue weighted by Crippen LogP contribution is 2.20. The van der Waals surface area contributed by atoms with E-state index in [4.69, 9.17) is 20.7 Å². The topological polar surface area (TPSA) is 183 Å². The Morgan fingerprint density at radius 3 is 2.25 bits per heavy atom. The van der Waals surface area contributed by atoms with Crippen molar-refractivity contribution in [3.63, 3.8) is 0 Å². The molecule has 1 unspecified atom stereocenters. The Hall–Kier alpha value is -1.30. The third-order valence-corrected chi connectivity index (χ3v) is 2.96. The highest BCUT2D eigenvalue weighted by atomic mass is 16.6. The highest BCUT2D eigenvalue weighted by molar-refractivity contribution is 5.83. The van der Waals surface area contributed by atoms with Crippen LogP contribution in [0.1, 0.15) is 6.42 Å². The maximum absolute atomic E-state index is 10.9. The van der Waals surface area contributed by atoms with Crippen molar-refractivity contribution in [1.82, 2.24) is 5.32 Å². The molecule has 20 heavy (non-hydrogen) atoms. The second kappa shape index (κ2) is 6.92. The summed E-state index contributed by atoms with van der Waals surface area (Å²) in [6, 6.07) is -1.44. The molecule has 116 valence electrons. The first kappa shape index (κ1) is 16.8. The zero-order valence-corrected chi connectivity index (χ0v) is 10.4. The number of hydrogen-bond donors (Lipinski definition) is 7. The van der Waals surface area contributed by atoms with E-state index in [9.17, 15) is 24.9 Å². The van der Waals surface area contributed by atoms with Gasteiger partial charge in [-0.2, -0.15) is 0 Å². The van der Waals surface area contributed by atoms with Crippen LogP contribution in [0, 0.1) is 0 Å². The summed E-state index contributed by atoms with van der Waals surface area (Å²) in [7, 11) is 0. The van der Waals surface area contributed by atoms with Gasteiger partial charge >= 0.3 is 5.97 Å². The highest BCUT2D eigenvalue weighted by Gasteiger charge is 2.44. The van der Waals surface area contributed by atoms with Crippen LogP contribution in [0.3, 0.4) is 0 Å². The number of carboxylic acids is 1. The van der Waals surface area contributed by atoms with Gasteiger partial charge < -0.3 is 36.0 Å². The van der Waals surface area contributed by atoms with E-state index in [1.807, 2.05) is 0 Å². The van der Waals surface area contributed by atoms with Crippen LogP contribution in [0.5, 0.6) is 0 Å². The molecular formula is C10H18N2O8. The summed E-state index contributed by atoms with van der Waals surface area (Å²) in [5.74, 6) is -2.28. The minimum absolute atomic E-state index is 0.551. The molecular weight excluding hydrogens is 276 g/mol. The summed E-state index contributed by atoms with van der Waals surface area (Å²) < 4.78 is 5.06. The Kier molecular flexibility index (Phi) is 5.80. The fourth-order valence-corrected chi connectivity index (χ4v) is 1.86. The molecule has 0 spiro atoms. The number of aliphatic hydroxyl groups is 4. The molecule has 10 nitrogen and oxygen atoms in total. The molecule has 1 heterocycles. The normalized spacial score (nSPS) is 35.5. The number of hydrogen-bond acceptors (Lipinski definition) is 8. The average Bonchev–Trinajstić information content (AvgIpc) is 2.37. The van der Waals surface area contributed by atoms with E-state index in [-0.39, 0.29) is 0 Å². The summed E-state index contributed by atoms with van der Waals surface area (Å²) in [6.07, 6.45) is -7.93. The Labute approximate surface area is 113 Å². The van der Waals surface area contributed by atoms with Crippen molar-refractivity contribution in [2.75, 3.05) is 6.61 Å². The molecule has 1 aliphatic heterocycles. The monoisotopic (exact) mass is 294 g/mol. The molecule has 1 rings (SSSR count). The lowest BCUT2D eigenvalue weighted by atomic mass is 9.98. The largest absolute Gasteiger partial charge is 0.480 e. The number of rotatable bonds is 6. The molecule has 1 aliphatic rings. The molecule has 0 aromatic heterocycles. The molecule has 6 atom stereocenters. The van der Waals surface area contributed by atoms with Gasteiger partial charge in [-0.1, -0.05) is 0 Å². The Morgan fingerprint density at radius 1 is 1.20 bits per heavy atom. The number of carbonyl (C=O) groups excluding carboxylic acids is 1. The standard InChI is InChI=1S/C10H18N2O8/c11-5(14)1-3(10(18)19)12-9-8(17)7(16)6(15)4(2-13)20-9/h3-4,6-9,12-13,15-17H,1-2H2,(H2,11,14)(H,18,19)/t3-,4+,6+,7-,8+,9?/m0/s1. The van der Waals surface area contributed by atoms with Gasteiger partial charge in [0, 0.05) is 0 Å². The van der Waals surface area contributed by atoms with Crippen LogP contribution >= 0.6 is 0 Å². The van der Waals surface area contributed by atoms with E-state index in [0.29, 0.717) is 0 Å². The van der Waals surface area contributed by atoms with E-state index in [1.54, 1.807) is 0 Å². The minimum Gasteiger partial charge on any atom is -0.480 e. The number of nitrogens with one attached hydrogen (secondary N) is 1.